The number of halogens is 4. The Bertz CT molecular complexity index is 1650. The summed E-state index contributed by atoms with van der Waals surface area (Å²) in [6, 6.07) is 10.0. The molecule has 0 aromatic heterocycles. The minimum absolute atomic E-state index is 0.0553. The second-order valence-electron chi connectivity index (χ2n) is 14.4. The number of nitrogens with zero attached hydrogens (tertiary/aromatic N) is 5. The molecule has 2 aromatic carbocycles. The molecule has 11 nitrogen and oxygen atoms in total. The summed E-state index contributed by atoms with van der Waals surface area (Å²) >= 11 is 6.15. The number of nitrogen functional groups attached to an aromatic ring is 1. The molecule has 3 saturated heterocycles. The molecule has 0 aliphatic carbocycles. The van der Waals surface area contributed by atoms with Crippen LogP contribution in [0, 0.1) is 5.92 Å². The standard InChI is InChI=1S/C37H47ClF3N7O4/c1-24(49)44-16-18-45(19-17-44)28-7-13-47(14-8-28)35(51)27(20-25-21-30(37(39,40)41)34(42)31(38)22-25)23-33(50)46-11-9-29(10-12-46)48-15-6-26-4-2-3-5-32(26)43-36(48)52/h2-5,21-22,27-29H,6-20,23,42H2,1H3,(H,43,52). The highest BCUT2D eigenvalue weighted by Gasteiger charge is 2.38. The van der Waals surface area contributed by atoms with Crippen LogP contribution in [0.25, 0.3) is 0 Å². The summed E-state index contributed by atoms with van der Waals surface area (Å²) in [7, 11) is 0. The van der Waals surface area contributed by atoms with Crippen molar-refractivity contribution >= 4 is 46.7 Å². The van der Waals surface area contributed by atoms with Crippen molar-refractivity contribution in [3.05, 3.63) is 58.1 Å². The van der Waals surface area contributed by atoms with Crippen molar-refractivity contribution < 1.29 is 32.3 Å². The van der Waals surface area contributed by atoms with E-state index in [-0.39, 0.29) is 59.3 Å². The van der Waals surface area contributed by atoms with Crippen molar-refractivity contribution in [2.45, 2.75) is 70.1 Å². The summed E-state index contributed by atoms with van der Waals surface area (Å²) in [4.78, 5) is 62.3. The van der Waals surface area contributed by atoms with Crippen LogP contribution in [-0.2, 0) is 33.4 Å². The van der Waals surface area contributed by atoms with Crippen molar-refractivity contribution in [1.29, 1.82) is 0 Å². The lowest BCUT2D eigenvalue weighted by atomic mass is 9.91. The number of nitrogens with one attached hydrogen (secondary N) is 1. The maximum absolute atomic E-state index is 14.1. The first-order chi connectivity index (χ1) is 24.8. The van der Waals surface area contributed by atoms with Crippen molar-refractivity contribution in [1.82, 2.24) is 24.5 Å². The molecule has 0 spiro atoms. The fraction of sp³-hybridized carbons (Fsp3) is 0.568. The molecule has 2 aromatic rings. The molecule has 4 heterocycles. The Morgan fingerprint density at radius 3 is 2.17 bits per heavy atom. The second kappa shape index (κ2) is 15.9. The van der Waals surface area contributed by atoms with Crippen LogP contribution in [0.15, 0.2) is 36.4 Å². The average Bonchev–Trinajstić information content (AvgIpc) is 3.30. The molecule has 4 aliphatic rings. The molecule has 0 saturated carbocycles. The molecule has 282 valence electrons. The molecule has 4 aliphatic heterocycles. The van der Waals surface area contributed by atoms with Gasteiger partial charge in [-0.05, 0) is 67.9 Å². The van der Waals surface area contributed by atoms with Gasteiger partial charge in [-0.3, -0.25) is 19.3 Å². The van der Waals surface area contributed by atoms with Crippen molar-refractivity contribution in [2.24, 2.45) is 5.92 Å². The lowest BCUT2D eigenvalue weighted by Gasteiger charge is -2.43. The Morgan fingerprint density at radius 1 is 0.885 bits per heavy atom. The normalized spacial score (nSPS) is 20.3. The van der Waals surface area contributed by atoms with E-state index < -0.39 is 23.3 Å². The largest absolute Gasteiger partial charge is 0.418 e. The molecule has 52 heavy (non-hydrogen) atoms. The maximum Gasteiger partial charge on any atom is 0.418 e. The van der Waals surface area contributed by atoms with E-state index in [9.17, 15) is 32.3 Å². The van der Waals surface area contributed by atoms with Gasteiger partial charge in [0.05, 0.1) is 22.2 Å². The number of benzene rings is 2. The molecule has 6 rings (SSSR count). The van der Waals surface area contributed by atoms with Gasteiger partial charge in [-0.2, -0.15) is 13.2 Å². The number of carbonyl (C=O) groups excluding carboxylic acids is 4. The number of piperidine rings is 2. The monoisotopic (exact) mass is 745 g/mol. The van der Waals surface area contributed by atoms with Gasteiger partial charge < -0.3 is 30.7 Å². The third-order valence-electron chi connectivity index (χ3n) is 11.2. The second-order valence-corrected chi connectivity index (χ2v) is 14.8. The topological polar surface area (TPSA) is 123 Å². The molecular formula is C37H47ClF3N7O4. The fourth-order valence-corrected chi connectivity index (χ4v) is 8.42. The number of para-hydroxylation sites is 1. The number of carbonyl (C=O) groups is 4. The van der Waals surface area contributed by atoms with Gasteiger partial charge >= 0.3 is 12.2 Å². The number of piperazine rings is 1. The van der Waals surface area contributed by atoms with Gasteiger partial charge in [0.25, 0.3) is 0 Å². The van der Waals surface area contributed by atoms with Crippen LogP contribution in [-0.4, -0.2) is 119 Å². The van der Waals surface area contributed by atoms with Gasteiger partial charge in [-0.25, -0.2) is 4.79 Å². The van der Waals surface area contributed by atoms with E-state index in [1.807, 2.05) is 34.1 Å². The summed E-state index contributed by atoms with van der Waals surface area (Å²) < 4.78 is 41.6. The number of rotatable bonds is 7. The first kappa shape index (κ1) is 37.7. The number of amides is 5. The molecule has 1 atom stereocenters. The van der Waals surface area contributed by atoms with Gasteiger partial charge in [0.15, 0.2) is 0 Å². The Morgan fingerprint density at radius 2 is 1.52 bits per heavy atom. The number of nitrogens with two attached hydrogens (primary N) is 1. The Labute approximate surface area is 307 Å². The van der Waals surface area contributed by atoms with Crippen molar-refractivity contribution in [3.63, 3.8) is 0 Å². The third kappa shape index (κ3) is 8.60. The summed E-state index contributed by atoms with van der Waals surface area (Å²) in [5.41, 5.74) is 6.10. The zero-order valence-electron chi connectivity index (χ0n) is 29.5. The minimum Gasteiger partial charge on any atom is -0.397 e. The van der Waals surface area contributed by atoms with Crippen LogP contribution >= 0.6 is 11.6 Å². The lowest BCUT2D eigenvalue weighted by Crippen LogP contribution is -2.55. The Hall–Kier alpha value is -4.04. The van der Waals surface area contributed by atoms with E-state index in [4.69, 9.17) is 17.3 Å². The molecular weight excluding hydrogens is 699 g/mol. The molecule has 3 N–H and O–H groups in total. The van der Waals surface area contributed by atoms with Gasteiger partial charge in [-0.1, -0.05) is 29.8 Å². The van der Waals surface area contributed by atoms with E-state index in [1.165, 1.54) is 6.07 Å². The molecule has 15 heteroatoms. The smallest absolute Gasteiger partial charge is 0.397 e. The maximum atomic E-state index is 14.1. The van der Waals surface area contributed by atoms with Crippen LogP contribution in [0.2, 0.25) is 5.02 Å². The van der Waals surface area contributed by atoms with Gasteiger partial charge in [0, 0.05) is 90.0 Å². The summed E-state index contributed by atoms with van der Waals surface area (Å²) in [6.45, 7) is 6.72. The highest BCUT2D eigenvalue weighted by atomic mass is 35.5. The summed E-state index contributed by atoms with van der Waals surface area (Å²) in [5, 5.41) is 2.75. The van der Waals surface area contributed by atoms with Gasteiger partial charge in [0.2, 0.25) is 17.7 Å². The number of fused-ring (bicyclic) bond motifs is 1. The highest BCUT2D eigenvalue weighted by molar-refractivity contribution is 6.33. The van der Waals surface area contributed by atoms with Crippen LogP contribution in [0.1, 0.15) is 55.7 Å². The number of urea groups is 1. The van der Waals surface area contributed by atoms with Crippen molar-refractivity contribution in [3.8, 4) is 0 Å². The van der Waals surface area contributed by atoms with E-state index in [0.717, 1.165) is 49.7 Å². The first-order valence-electron chi connectivity index (χ1n) is 18.1. The van der Waals surface area contributed by atoms with Gasteiger partial charge in [-0.15, -0.1) is 0 Å². The lowest BCUT2D eigenvalue weighted by molar-refractivity contribution is -0.143. The number of hydrogen-bond acceptors (Lipinski definition) is 6. The zero-order valence-corrected chi connectivity index (χ0v) is 30.2. The number of hydrogen-bond donors (Lipinski definition) is 2. The van der Waals surface area contributed by atoms with E-state index >= 15 is 0 Å². The van der Waals surface area contributed by atoms with Crippen LogP contribution in [0.4, 0.5) is 29.3 Å². The number of alkyl halides is 3. The minimum atomic E-state index is -4.74. The number of likely N-dealkylation sites (tertiary alicyclic amines) is 2. The van der Waals surface area contributed by atoms with E-state index in [2.05, 4.69) is 10.2 Å². The Kier molecular flexibility index (Phi) is 11.5. The third-order valence-corrected chi connectivity index (χ3v) is 11.5. The van der Waals surface area contributed by atoms with Crippen LogP contribution in [0.5, 0.6) is 0 Å². The predicted octanol–water partition coefficient (Wildman–Crippen LogP) is 4.73. The highest BCUT2D eigenvalue weighted by Crippen LogP contribution is 2.38. The van der Waals surface area contributed by atoms with Gasteiger partial charge in [0.1, 0.15) is 0 Å². The van der Waals surface area contributed by atoms with E-state index in [0.29, 0.717) is 58.7 Å². The van der Waals surface area contributed by atoms with E-state index in [1.54, 1.807) is 16.7 Å². The molecule has 5 amide bonds. The average molecular weight is 746 g/mol. The predicted molar refractivity (Wildman–Crippen MR) is 192 cm³/mol. The SMILES string of the molecule is CC(=O)N1CCN(C2CCN(C(=O)C(CC(=O)N3CCC(N4CCc5ccccc5NC4=O)CC3)Cc3cc(Cl)c(N)c(C(F)(F)F)c3)CC2)CC1. The molecule has 1 unspecified atom stereocenters. The quantitative estimate of drug-likeness (QED) is 0.396. The summed E-state index contributed by atoms with van der Waals surface area (Å²) in [5.74, 6) is -1.37. The molecule has 0 bridgehead atoms. The van der Waals surface area contributed by atoms with Crippen molar-refractivity contribution in [2.75, 3.05) is 70.0 Å². The number of anilines is 2. The first-order valence-corrected chi connectivity index (χ1v) is 18.5. The van der Waals surface area contributed by atoms with Crippen LogP contribution < -0.4 is 11.1 Å². The molecule has 3 fully saturated rings. The van der Waals surface area contributed by atoms with Crippen LogP contribution in [0.3, 0.4) is 0 Å². The summed E-state index contributed by atoms with van der Waals surface area (Å²) in [6.07, 6.45) is -1.70. The Balaban J connectivity index is 1.11. The molecule has 0 radical (unpaired) electrons. The zero-order chi connectivity index (χ0) is 37.2. The fourth-order valence-electron chi connectivity index (χ4n) is 8.17.